The van der Waals surface area contributed by atoms with E-state index in [9.17, 15) is 4.79 Å². The van der Waals surface area contributed by atoms with Crippen molar-refractivity contribution in [3.05, 3.63) is 28.5 Å². The molecule has 0 bridgehead atoms. The van der Waals surface area contributed by atoms with Crippen LogP contribution in [0.15, 0.2) is 22.8 Å². The fourth-order valence-corrected chi connectivity index (χ4v) is 1.96. The van der Waals surface area contributed by atoms with Crippen LogP contribution in [-0.2, 0) is 4.74 Å². The molecule has 6 heteroatoms. The van der Waals surface area contributed by atoms with Crippen molar-refractivity contribution in [1.82, 2.24) is 9.38 Å². The van der Waals surface area contributed by atoms with Crippen LogP contribution in [0.5, 0.6) is 0 Å². The average molecular weight is 312 g/mol. The molecular formula is C12H14BrN3O2. The van der Waals surface area contributed by atoms with Gasteiger partial charge in [0.25, 0.3) is 0 Å². The zero-order valence-electron chi connectivity index (χ0n) is 10.4. The maximum Gasteiger partial charge on any atom is 0.361 e. The van der Waals surface area contributed by atoms with E-state index in [4.69, 9.17) is 10.5 Å². The molecule has 2 aromatic heterocycles. The first kappa shape index (κ1) is 12.9. The minimum absolute atomic E-state index is 0.136. The number of hydrogen-bond donors (Lipinski definition) is 1. The Morgan fingerprint density at radius 2 is 2.17 bits per heavy atom. The third kappa shape index (κ3) is 2.33. The number of nitrogen functional groups attached to an aromatic ring is 1. The van der Waals surface area contributed by atoms with Gasteiger partial charge in [-0.1, -0.05) is 0 Å². The van der Waals surface area contributed by atoms with Crippen molar-refractivity contribution < 1.29 is 9.53 Å². The third-order valence-corrected chi connectivity index (χ3v) is 2.85. The standard InChI is InChI=1S/C12H14BrN3O2/c1-12(2,3)18-11(17)8-9(14)16-6-4-5-7(13)10(16)15-8/h4-6H,14H2,1-3H3. The van der Waals surface area contributed by atoms with Crippen molar-refractivity contribution >= 4 is 33.4 Å². The Balaban J connectivity index is 2.50. The molecule has 0 unspecified atom stereocenters. The lowest BCUT2D eigenvalue weighted by Gasteiger charge is -2.18. The first-order valence-corrected chi connectivity index (χ1v) is 6.24. The van der Waals surface area contributed by atoms with Crippen LogP contribution in [0.2, 0.25) is 0 Å². The van der Waals surface area contributed by atoms with Gasteiger partial charge in [-0.2, -0.15) is 0 Å². The zero-order valence-corrected chi connectivity index (χ0v) is 12.0. The predicted molar refractivity (Wildman–Crippen MR) is 72.5 cm³/mol. The quantitative estimate of drug-likeness (QED) is 0.822. The van der Waals surface area contributed by atoms with Crippen LogP contribution >= 0.6 is 15.9 Å². The smallest absolute Gasteiger partial charge is 0.361 e. The third-order valence-electron chi connectivity index (χ3n) is 2.23. The molecule has 0 saturated heterocycles. The molecule has 0 fully saturated rings. The fraction of sp³-hybridized carbons (Fsp3) is 0.333. The molecule has 2 heterocycles. The topological polar surface area (TPSA) is 69.6 Å². The average Bonchev–Trinajstić information content (AvgIpc) is 2.56. The molecule has 5 nitrogen and oxygen atoms in total. The summed E-state index contributed by atoms with van der Waals surface area (Å²) in [6.07, 6.45) is 1.75. The molecule has 0 radical (unpaired) electrons. The number of ether oxygens (including phenoxy) is 1. The van der Waals surface area contributed by atoms with E-state index >= 15 is 0 Å². The molecule has 0 aliphatic rings. The molecule has 0 saturated carbocycles. The number of carbonyl (C=O) groups excluding carboxylic acids is 1. The molecule has 18 heavy (non-hydrogen) atoms. The number of nitrogens with two attached hydrogens (primary N) is 1. The van der Waals surface area contributed by atoms with Crippen LogP contribution in [0, 0.1) is 0 Å². The number of imidazole rings is 1. The fourth-order valence-electron chi connectivity index (χ4n) is 1.53. The van der Waals surface area contributed by atoms with Crippen LogP contribution in [0.1, 0.15) is 31.3 Å². The van der Waals surface area contributed by atoms with Crippen molar-refractivity contribution in [1.29, 1.82) is 0 Å². The van der Waals surface area contributed by atoms with Crippen molar-refractivity contribution in [3.63, 3.8) is 0 Å². The van der Waals surface area contributed by atoms with Gasteiger partial charge in [-0.3, -0.25) is 4.40 Å². The molecule has 2 rings (SSSR count). The molecular weight excluding hydrogens is 298 g/mol. The van der Waals surface area contributed by atoms with Gasteiger partial charge in [0.05, 0.1) is 4.47 Å². The summed E-state index contributed by atoms with van der Waals surface area (Å²) in [5.41, 5.74) is 6.06. The maximum atomic E-state index is 12.0. The Morgan fingerprint density at radius 3 is 2.72 bits per heavy atom. The Labute approximate surface area is 113 Å². The molecule has 2 aromatic rings. The van der Waals surface area contributed by atoms with Gasteiger partial charge in [-0.15, -0.1) is 0 Å². The van der Waals surface area contributed by atoms with E-state index in [-0.39, 0.29) is 11.5 Å². The molecule has 0 spiro atoms. The number of hydrogen-bond acceptors (Lipinski definition) is 4. The van der Waals surface area contributed by atoms with Crippen LogP contribution < -0.4 is 5.73 Å². The minimum atomic E-state index is -0.573. The van der Waals surface area contributed by atoms with Gasteiger partial charge >= 0.3 is 5.97 Å². The largest absolute Gasteiger partial charge is 0.455 e. The number of aromatic nitrogens is 2. The molecule has 2 N–H and O–H groups in total. The number of carbonyl (C=O) groups is 1. The second-order valence-electron chi connectivity index (χ2n) is 4.90. The number of esters is 1. The summed E-state index contributed by atoms with van der Waals surface area (Å²) in [6, 6.07) is 3.65. The number of halogens is 1. The van der Waals surface area contributed by atoms with Gasteiger partial charge in [0, 0.05) is 6.20 Å². The summed E-state index contributed by atoms with van der Waals surface area (Å²) in [6.45, 7) is 5.40. The summed E-state index contributed by atoms with van der Waals surface area (Å²) in [5, 5.41) is 0. The Hall–Kier alpha value is -1.56. The molecule has 0 aliphatic carbocycles. The van der Waals surface area contributed by atoms with Crippen molar-refractivity contribution in [2.24, 2.45) is 0 Å². The predicted octanol–water partition coefficient (Wildman–Crippen LogP) is 2.63. The first-order chi connectivity index (χ1) is 8.29. The van der Waals surface area contributed by atoms with Crippen LogP contribution in [-0.4, -0.2) is 21.0 Å². The van der Waals surface area contributed by atoms with E-state index in [0.29, 0.717) is 5.65 Å². The normalized spacial score (nSPS) is 11.8. The van der Waals surface area contributed by atoms with Gasteiger partial charge in [0.15, 0.2) is 11.3 Å². The Kier molecular flexibility index (Phi) is 3.06. The molecule has 0 aliphatic heterocycles. The van der Waals surface area contributed by atoms with Gasteiger partial charge in [0.1, 0.15) is 11.4 Å². The molecule has 0 atom stereocenters. The van der Waals surface area contributed by atoms with Crippen LogP contribution in [0.4, 0.5) is 5.82 Å². The number of nitrogens with zero attached hydrogens (tertiary/aromatic N) is 2. The second kappa shape index (κ2) is 4.28. The van der Waals surface area contributed by atoms with Crippen LogP contribution in [0.25, 0.3) is 5.65 Å². The van der Waals surface area contributed by atoms with Gasteiger partial charge < -0.3 is 10.5 Å². The highest BCUT2D eigenvalue weighted by Gasteiger charge is 2.24. The summed E-state index contributed by atoms with van der Waals surface area (Å²) < 4.78 is 7.68. The van der Waals surface area contributed by atoms with E-state index < -0.39 is 11.6 Å². The Bertz CT molecular complexity index is 614. The lowest BCUT2D eigenvalue weighted by Crippen LogP contribution is -2.24. The highest BCUT2D eigenvalue weighted by atomic mass is 79.9. The molecule has 0 aromatic carbocycles. The molecule has 96 valence electrons. The summed E-state index contributed by atoms with van der Waals surface area (Å²) in [7, 11) is 0. The van der Waals surface area contributed by atoms with Gasteiger partial charge in [0.2, 0.25) is 0 Å². The van der Waals surface area contributed by atoms with Crippen molar-refractivity contribution in [2.75, 3.05) is 5.73 Å². The minimum Gasteiger partial charge on any atom is -0.455 e. The molecule has 0 amide bonds. The summed E-state index contributed by atoms with van der Waals surface area (Å²) in [5.74, 6) is -0.240. The van der Waals surface area contributed by atoms with E-state index in [2.05, 4.69) is 20.9 Å². The lowest BCUT2D eigenvalue weighted by molar-refractivity contribution is 0.00650. The monoisotopic (exact) mass is 311 g/mol. The lowest BCUT2D eigenvalue weighted by atomic mass is 10.2. The number of anilines is 1. The van der Waals surface area contributed by atoms with Gasteiger partial charge in [-0.05, 0) is 48.8 Å². The van der Waals surface area contributed by atoms with Crippen molar-refractivity contribution in [3.8, 4) is 0 Å². The van der Waals surface area contributed by atoms with E-state index in [1.807, 2.05) is 12.1 Å². The first-order valence-electron chi connectivity index (χ1n) is 5.45. The SMILES string of the molecule is CC(C)(C)OC(=O)c1nc2c(Br)cccn2c1N. The van der Waals surface area contributed by atoms with E-state index in [1.54, 1.807) is 31.4 Å². The van der Waals surface area contributed by atoms with Gasteiger partial charge in [-0.25, -0.2) is 9.78 Å². The Morgan fingerprint density at radius 1 is 1.50 bits per heavy atom. The zero-order chi connectivity index (χ0) is 13.5. The number of pyridine rings is 1. The van der Waals surface area contributed by atoms with Crippen LogP contribution in [0.3, 0.4) is 0 Å². The number of fused-ring (bicyclic) bond motifs is 1. The maximum absolute atomic E-state index is 12.0. The second-order valence-corrected chi connectivity index (χ2v) is 5.75. The highest BCUT2D eigenvalue weighted by molar-refractivity contribution is 9.10. The summed E-state index contributed by atoms with van der Waals surface area (Å²) in [4.78, 5) is 16.2. The summed E-state index contributed by atoms with van der Waals surface area (Å²) >= 11 is 3.36. The number of rotatable bonds is 1. The van der Waals surface area contributed by atoms with E-state index in [0.717, 1.165) is 4.47 Å². The van der Waals surface area contributed by atoms with E-state index in [1.165, 1.54) is 0 Å². The highest BCUT2D eigenvalue weighted by Crippen LogP contribution is 2.23. The van der Waals surface area contributed by atoms with Crippen molar-refractivity contribution in [2.45, 2.75) is 26.4 Å².